The molecule has 6 fully saturated rings. The van der Waals surface area contributed by atoms with Crippen LogP contribution in [0.4, 0.5) is 0 Å². The monoisotopic (exact) mass is 784 g/mol. The van der Waals surface area contributed by atoms with Gasteiger partial charge in [-0.2, -0.15) is 0 Å². The summed E-state index contributed by atoms with van der Waals surface area (Å²) in [4.78, 5) is 0. The van der Waals surface area contributed by atoms with Crippen molar-refractivity contribution >= 4 is 0 Å². The van der Waals surface area contributed by atoms with Crippen LogP contribution in [0.25, 0.3) is 0 Å². The summed E-state index contributed by atoms with van der Waals surface area (Å²) in [6.07, 6.45) is -5.39. The van der Waals surface area contributed by atoms with Gasteiger partial charge in [-0.05, 0) is 124 Å². The Morgan fingerprint density at radius 2 is 1.27 bits per heavy atom. The van der Waals surface area contributed by atoms with Crippen molar-refractivity contribution in [3.05, 3.63) is 11.6 Å². The van der Waals surface area contributed by atoms with Crippen LogP contribution in [-0.2, 0) is 18.9 Å². The molecule has 9 N–H and O–H groups in total. The molecule has 0 aromatic heterocycles. The van der Waals surface area contributed by atoms with Crippen molar-refractivity contribution < 1.29 is 64.9 Å². The van der Waals surface area contributed by atoms with Crippen molar-refractivity contribution in [1.29, 1.82) is 0 Å². The fourth-order valence-electron chi connectivity index (χ4n) is 13.4. The average Bonchev–Trinajstić information content (AvgIpc) is 3.51. The Morgan fingerprint density at radius 3 is 1.85 bits per heavy atom. The number of fused-ring (bicyclic) bond motifs is 5. The number of hydrogen-bond acceptors (Lipinski definition) is 13. The van der Waals surface area contributed by atoms with Crippen LogP contribution >= 0.6 is 0 Å². The Kier molecular flexibility index (Phi) is 12.5. The highest BCUT2D eigenvalue weighted by Crippen LogP contribution is 2.76. The van der Waals surface area contributed by atoms with Crippen LogP contribution in [0.5, 0.6) is 0 Å². The molecule has 4 saturated carbocycles. The second-order valence-corrected chi connectivity index (χ2v) is 20.1. The zero-order valence-electron chi connectivity index (χ0n) is 34.3. The van der Waals surface area contributed by atoms with E-state index in [0.717, 1.165) is 32.1 Å². The first-order chi connectivity index (χ1) is 25.6. The Bertz CT molecular complexity index is 1370. The summed E-state index contributed by atoms with van der Waals surface area (Å²) >= 11 is 0. The van der Waals surface area contributed by atoms with Crippen LogP contribution in [0.15, 0.2) is 11.6 Å². The Balaban J connectivity index is 1.26. The van der Waals surface area contributed by atoms with Gasteiger partial charge in [0.1, 0.15) is 48.8 Å². The van der Waals surface area contributed by atoms with Crippen molar-refractivity contribution in [1.82, 2.24) is 0 Å². The molecule has 6 rings (SSSR count). The highest BCUT2D eigenvalue weighted by molar-refractivity contribution is 5.20. The van der Waals surface area contributed by atoms with E-state index < -0.39 is 86.3 Å². The lowest BCUT2D eigenvalue weighted by Crippen LogP contribution is -2.67. The van der Waals surface area contributed by atoms with Gasteiger partial charge in [0.05, 0.1) is 31.0 Å². The van der Waals surface area contributed by atoms with Crippen molar-refractivity contribution in [2.75, 3.05) is 13.2 Å². The van der Waals surface area contributed by atoms with Crippen LogP contribution in [0.2, 0.25) is 0 Å². The van der Waals surface area contributed by atoms with E-state index in [4.69, 9.17) is 18.9 Å². The predicted octanol–water partition coefficient (Wildman–Crippen LogP) is 2.15. The SMILES string of the molecule is CC(C)=CCC[C@](C)(O[C@@H]1O[C@H](CO)[C@@H](O)[C@H](O)[C@H]1O)[C@H]1CC[C@]2(C)[C@@H]1[C@H](O)C[C@@H]1[C@]3(C)CC[C@@H](O[C@@H]4O[C@H](CO)[C@@H](O)[C@H](O)[C@H]4O)C(C)(C)[C@H]3CC[C@]12C. The highest BCUT2D eigenvalue weighted by Gasteiger charge is 2.72. The molecular formula is C42H72O13. The van der Waals surface area contributed by atoms with E-state index in [-0.39, 0.29) is 51.4 Å². The summed E-state index contributed by atoms with van der Waals surface area (Å²) in [5.74, 6) is 0.196. The van der Waals surface area contributed by atoms with Gasteiger partial charge in [0, 0.05) is 0 Å². The molecular weight excluding hydrogens is 712 g/mol. The summed E-state index contributed by atoms with van der Waals surface area (Å²) in [6, 6.07) is 0. The number of aliphatic hydroxyl groups excluding tert-OH is 9. The topological polar surface area (TPSA) is 219 Å². The maximum Gasteiger partial charge on any atom is 0.187 e. The summed E-state index contributed by atoms with van der Waals surface area (Å²) < 4.78 is 24.9. The fourth-order valence-corrected chi connectivity index (χ4v) is 13.4. The van der Waals surface area contributed by atoms with Gasteiger partial charge < -0.3 is 64.9 Å². The molecule has 6 aliphatic rings. The Hall–Kier alpha value is -0.780. The Morgan fingerprint density at radius 1 is 0.709 bits per heavy atom. The first kappa shape index (κ1) is 43.8. The standard InChI is InChI=1S/C42H72O13/c1-21(2)10-9-14-42(8,55-37-35(51)33(49)31(47)25(20-44)53-37)22-11-16-41(7)29(22)23(45)18-27-39(5)15-13-28(38(3,4)26(39)12-17-40(27,41)6)54-36-34(50)32(48)30(46)24(19-43)52-36/h10,22-37,43-51H,9,11-20H2,1-8H3/t22-,23+,24+,25+,26+,27+,28+,29-,30+,31+,32-,33-,34+,35+,36-,37-,39+,40+,41+,42-/m0/s1. The molecule has 2 aliphatic heterocycles. The summed E-state index contributed by atoms with van der Waals surface area (Å²) in [5, 5.41) is 95.9. The molecule has 4 aliphatic carbocycles. The minimum atomic E-state index is -1.55. The second kappa shape index (κ2) is 15.7. The molecule has 13 heteroatoms. The smallest absolute Gasteiger partial charge is 0.187 e. The normalized spacial score (nSPS) is 52.0. The average molecular weight is 785 g/mol. The summed E-state index contributed by atoms with van der Waals surface area (Å²) in [7, 11) is 0. The third-order valence-corrected chi connectivity index (χ3v) is 16.7. The van der Waals surface area contributed by atoms with Crippen molar-refractivity contribution in [3.63, 3.8) is 0 Å². The van der Waals surface area contributed by atoms with Crippen LogP contribution in [0, 0.1) is 45.3 Å². The van der Waals surface area contributed by atoms with Gasteiger partial charge in [-0.15, -0.1) is 0 Å². The number of ether oxygens (including phenoxy) is 4. The number of rotatable bonds is 10. The molecule has 0 bridgehead atoms. The number of hydrogen-bond donors (Lipinski definition) is 9. The van der Waals surface area contributed by atoms with E-state index in [1.165, 1.54) is 5.57 Å². The quantitative estimate of drug-likeness (QED) is 0.115. The van der Waals surface area contributed by atoms with E-state index >= 15 is 0 Å². The molecule has 0 amide bonds. The molecule has 318 valence electrons. The summed E-state index contributed by atoms with van der Waals surface area (Å²) in [5.41, 5.74) is -0.592. The first-order valence-electron chi connectivity index (χ1n) is 20.9. The zero-order valence-corrected chi connectivity index (χ0v) is 34.3. The summed E-state index contributed by atoms with van der Waals surface area (Å²) in [6.45, 7) is 16.6. The molecule has 55 heavy (non-hydrogen) atoms. The van der Waals surface area contributed by atoms with E-state index in [9.17, 15) is 46.0 Å². The van der Waals surface area contributed by atoms with Gasteiger partial charge >= 0.3 is 0 Å². The van der Waals surface area contributed by atoms with Crippen molar-refractivity contribution in [3.8, 4) is 0 Å². The van der Waals surface area contributed by atoms with Crippen molar-refractivity contribution in [2.45, 2.75) is 192 Å². The van der Waals surface area contributed by atoms with Gasteiger partial charge in [0.25, 0.3) is 0 Å². The molecule has 20 atom stereocenters. The van der Waals surface area contributed by atoms with Gasteiger partial charge in [-0.3, -0.25) is 0 Å². The lowest BCUT2D eigenvalue weighted by atomic mass is 9.35. The highest BCUT2D eigenvalue weighted by atomic mass is 16.7. The lowest BCUT2D eigenvalue weighted by Gasteiger charge is -2.71. The molecule has 0 aromatic rings. The van der Waals surface area contributed by atoms with E-state index in [0.29, 0.717) is 25.7 Å². The van der Waals surface area contributed by atoms with Crippen LogP contribution in [0.1, 0.15) is 113 Å². The Labute approximate surface area is 327 Å². The fraction of sp³-hybridized carbons (Fsp3) is 0.952. The van der Waals surface area contributed by atoms with Gasteiger partial charge in [-0.25, -0.2) is 0 Å². The first-order valence-corrected chi connectivity index (χ1v) is 20.9. The number of aliphatic hydroxyl groups is 9. The lowest BCUT2D eigenvalue weighted by molar-refractivity contribution is -0.338. The predicted molar refractivity (Wildman–Crippen MR) is 201 cm³/mol. The van der Waals surface area contributed by atoms with Crippen LogP contribution in [-0.4, -0.2) is 138 Å². The third-order valence-electron chi connectivity index (χ3n) is 16.7. The van der Waals surface area contributed by atoms with Gasteiger partial charge in [-0.1, -0.05) is 46.3 Å². The van der Waals surface area contributed by atoms with E-state index in [1.54, 1.807) is 0 Å². The third kappa shape index (κ3) is 7.10. The number of allylic oxidation sites excluding steroid dienone is 2. The van der Waals surface area contributed by atoms with Gasteiger partial charge in [0.15, 0.2) is 12.6 Å². The second-order valence-electron chi connectivity index (χ2n) is 20.1. The van der Waals surface area contributed by atoms with Crippen molar-refractivity contribution in [2.24, 2.45) is 45.3 Å². The molecule has 2 saturated heterocycles. The van der Waals surface area contributed by atoms with Crippen LogP contribution < -0.4 is 0 Å². The molecule has 0 aromatic carbocycles. The largest absolute Gasteiger partial charge is 0.394 e. The molecule has 13 nitrogen and oxygen atoms in total. The molecule has 0 spiro atoms. The van der Waals surface area contributed by atoms with E-state index in [1.807, 2.05) is 20.8 Å². The van der Waals surface area contributed by atoms with Gasteiger partial charge in [0.2, 0.25) is 0 Å². The molecule has 2 heterocycles. The zero-order chi connectivity index (χ0) is 40.6. The molecule has 0 unspecified atom stereocenters. The minimum Gasteiger partial charge on any atom is -0.394 e. The van der Waals surface area contributed by atoms with Crippen LogP contribution in [0.3, 0.4) is 0 Å². The maximum atomic E-state index is 12.5. The van der Waals surface area contributed by atoms with E-state index in [2.05, 4.69) is 40.7 Å². The maximum absolute atomic E-state index is 12.5. The molecule has 0 radical (unpaired) electrons. The minimum absolute atomic E-state index is 0.104.